The molecule has 1 aliphatic heterocycles. The van der Waals surface area contributed by atoms with Crippen LogP contribution in [0.25, 0.3) is 0 Å². The first kappa shape index (κ1) is 19.1. The predicted molar refractivity (Wildman–Crippen MR) is 89.7 cm³/mol. The van der Waals surface area contributed by atoms with Gasteiger partial charge in [-0.3, -0.25) is 9.78 Å². The Morgan fingerprint density at radius 1 is 1.26 bits per heavy atom. The lowest BCUT2D eigenvalue weighted by atomic mass is 10.1. The minimum Gasteiger partial charge on any atom is -0.381 e. The third-order valence-electron chi connectivity index (χ3n) is 4.13. The molecule has 1 amide bonds. The Morgan fingerprint density at radius 3 is 2.70 bits per heavy atom. The fourth-order valence-electron chi connectivity index (χ4n) is 2.68. The Hall–Kier alpha value is -2.68. The maximum absolute atomic E-state index is 13.1. The summed E-state index contributed by atoms with van der Waals surface area (Å²) in [5.74, 6) is -1.24. The third kappa shape index (κ3) is 4.94. The van der Waals surface area contributed by atoms with Crippen molar-refractivity contribution < 1.29 is 27.1 Å². The van der Waals surface area contributed by atoms with Crippen molar-refractivity contribution in [2.75, 3.05) is 18.5 Å². The van der Waals surface area contributed by atoms with Crippen LogP contribution in [0.1, 0.15) is 17.7 Å². The second-order valence-corrected chi connectivity index (χ2v) is 6.13. The summed E-state index contributed by atoms with van der Waals surface area (Å²) in [6.45, 7) is 1.18. The van der Waals surface area contributed by atoms with Crippen molar-refractivity contribution in [3.8, 4) is 0 Å². The van der Waals surface area contributed by atoms with Crippen LogP contribution in [0.3, 0.4) is 0 Å². The van der Waals surface area contributed by atoms with Crippen molar-refractivity contribution >= 4 is 17.3 Å². The van der Waals surface area contributed by atoms with Gasteiger partial charge in [-0.1, -0.05) is 0 Å². The summed E-state index contributed by atoms with van der Waals surface area (Å²) in [4.78, 5) is 16.0. The number of hydrogen-bond donors (Lipinski definition) is 2. The molecular formula is C18H17F4N3O2. The summed E-state index contributed by atoms with van der Waals surface area (Å²) in [7, 11) is 0. The van der Waals surface area contributed by atoms with Gasteiger partial charge in [-0.2, -0.15) is 13.2 Å². The van der Waals surface area contributed by atoms with Crippen LogP contribution >= 0.6 is 0 Å². The molecule has 0 bridgehead atoms. The fourth-order valence-corrected chi connectivity index (χ4v) is 2.68. The number of anilines is 2. The van der Waals surface area contributed by atoms with Gasteiger partial charge >= 0.3 is 6.18 Å². The fraction of sp³-hybridized carbons (Fsp3) is 0.333. The van der Waals surface area contributed by atoms with Crippen LogP contribution in [-0.2, 0) is 22.3 Å². The van der Waals surface area contributed by atoms with Gasteiger partial charge in [-0.05, 0) is 36.8 Å². The maximum atomic E-state index is 13.1. The zero-order valence-electron chi connectivity index (χ0n) is 14.1. The van der Waals surface area contributed by atoms with Gasteiger partial charge in [0.2, 0.25) is 5.91 Å². The van der Waals surface area contributed by atoms with Crippen molar-refractivity contribution in [3.05, 3.63) is 53.6 Å². The van der Waals surface area contributed by atoms with E-state index in [-0.39, 0.29) is 24.1 Å². The van der Waals surface area contributed by atoms with E-state index in [2.05, 4.69) is 15.6 Å². The van der Waals surface area contributed by atoms with Gasteiger partial charge in [0.05, 0.1) is 47.9 Å². The molecule has 1 saturated heterocycles. The molecule has 2 heterocycles. The molecule has 3 rings (SSSR count). The molecule has 0 unspecified atom stereocenters. The van der Waals surface area contributed by atoms with E-state index in [0.29, 0.717) is 37.1 Å². The molecule has 1 atom stereocenters. The summed E-state index contributed by atoms with van der Waals surface area (Å²) in [6.07, 6.45) is -2.66. The lowest BCUT2D eigenvalue weighted by Gasteiger charge is -2.15. The van der Waals surface area contributed by atoms with E-state index in [0.717, 1.165) is 12.1 Å². The molecule has 0 radical (unpaired) electrons. The second kappa shape index (κ2) is 7.91. The van der Waals surface area contributed by atoms with E-state index < -0.39 is 17.6 Å². The van der Waals surface area contributed by atoms with Gasteiger partial charge in [-0.25, -0.2) is 4.39 Å². The molecule has 27 heavy (non-hydrogen) atoms. The van der Waals surface area contributed by atoms with Gasteiger partial charge < -0.3 is 15.4 Å². The van der Waals surface area contributed by atoms with Gasteiger partial charge in [0.15, 0.2) is 0 Å². The predicted octanol–water partition coefficient (Wildman–Crippen LogP) is 3.64. The lowest BCUT2D eigenvalue weighted by Crippen LogP contribution is -2.30. The summed E-state index contributed by atoms with van der Waals surface area (Å²) >= 11 is 0. The first-order valence-corrected chi connectivity index (χ1v) is 8.27. The van der Waals surface area contributed by atoms with E-state index in [4.69, 9.17) is 4.74 Å². The number of alkyl halides is 3. The summed E-state index contributed by atoms with van der Waals surface area (Å²) in [5, 5.41) is 5.34. The number of rotatable bonds is 5. The largest absolute Gasteiger partial charge is 0.418 e. The zero-order chi connectivity index (χ0) is 19.4. The molecule has 5 nitrogen and oxygen atoms in total. The first-order valence-electron chi connectivity index (χ1n) is 8.27. The van der Waals surface area contributed by atoms with Crippen molar-refractivity contribution in [2.45, 2.75) is 19.1 Å². The number of nitrogens with zero attached hydrogens (tertiary/aromatic N) is 1. The molecule has 2 N–H and O–H groups in total. The Morgan fingerprint density at radius 2 is 2.07 bits per heavy atom. The number of aromatic nitrogens is 1. The molecule has 1 aliphatic rings. The summed E-state index contributed by atoms with van der Waals surface area (Å²) in [5.41, 5.74) is -0.500. The first-order chi connectivity index (χ1) is 12.8. The number of hydrogen-bond acceptors (Lipinski definition) is 4. The van der Waals surface area contributed by atoms with Crippen LogP contribution in [0, 0.1) is 11.7 Å². The summed E-state index contributed by atoms with van der Waals surface area (Å²) < 4.78 is 57.4. The van der Waals surface area contributed by atoms with Crippen LogP contribution in [0.2, 0.25) is 0 Å². The molecule has 0 aliphatic carbocycles. The van der Waals surface area contributed by atoms with Crippen LogP contribution in [0.15, 0.2) is 36.5 Å². The molecule has 1 aromatic heterocycles. The van der Waals surface area contributed by atoms with E-state index in [1.54, 1.807) is 6.07 Å². The number of nitrogens with one attached hydrogen (secondary N) is 2. The molecule has 9 heteroatoms. The van der Waals surface area contributed by atoms with Gasteiger partial charge in [0.25, 0.3) is 0 Å². The minimum absolute atomic E-state index is 0.113. The van der Waals surface area contributed by atoms with Crippen LogP contribution in [0.4, 0.5) is 28.9 Å². The lowest BCUT2D eigenvalue weighted by molar-refractivity contribution is -0.137. The minimum atomic E-state index is -4.69. The van der Waals surface area contributed by atoms with Gasteiger partial charge in [0.1, 0.15) is 5.82 Å². The Bertz CT molecular complexity index is 803. The maximum Gasteiger partial charge on any atom is 0.418 e. The average Bonchev–Trinajstić information content (AvgIpc) is 3.16. The number of ether oxygens (including phenoxy) is 1. The van der Waals surface area contributed by atoms with Crippen molar-refractivity contribution in [1.29, 1.82) is 0 Å². The molecule has 0 saturated carbocycles. The van der Waals surface area contributed by atoms with Gasteiger partial charge in [-0.15, -0.1) is 0 Å². The van der Waals surface area contributed by atoms with Gasteiger partial charge in [0, 0.05) is 6.61 Å². The number of benzene rings is 1. The molecule has 2 aromatic rings. The SMILES string of the molecule is O=C(NCc1ccc(Nc2ccc(F)cc2C(F)(F)F)cn1)[C@@H]1CCOC1. The van der Waals surface area contributed by atoms with Crippen molar-refractivity contribution in [3.63, 3.8) is 0 Å². The Kier molecular flexibility index (Phi) is 5.59. The highest BCUT2D eigenvalue weighted by Gasteiger charge is 2.34. The number of halogens is 4. The van der Waals surface area contributed by atoms with Crippen LogP contribution in [-0.4, -0.2) is 24.1 Å². The highest BCUT2D eigenvalue weighted by Crippen LogP contribution is 2.36. The number of carbonyl (C=O) groups excluding carboxylic acids is 1. The molecular weight excluding hydrogens is 366 g/mol. The standard InChI is InChI=1S/C18H17F4N3O2/c19-12-1-4-16(15(7-12)18(20,21)22)25-14-3-2-13(23-9-14)8-24-17(26)11-5-6-27-10-11/h1-4,7,9,11,25H,5-6,8,10H2,(H,24,26)/t11-/m1/s1. The van der Waals surface area contributed by atoms with E-state index in [9.17, 15) is 22.4 Å². The van der Waals surface area contributed by atoms with E-state index in [1.807, 2.05) is 0 Å². The number of pyridine rings is 1. The smallest absolute Gasteiger partial charge is 0.381 e. The molecule has 1 aromatic carbocycles. The topological polar surface area (TPSA) is 63.2 Å². The normalized spacial score (nSPS) is 17.0. The number of carbonyl (C=O) groups is 1. The highest BCUT2D eigenvalue weighted by molar-refractivity contribution is 5.78. The molecule has 1 fully saturated rings. The quantitative estimate of drug-likeness (QED) is 0.774. The monoisotopic (exact) mass is 383 g/mol. The van der Waals surface area contributed by atoms with Crippen molar-refractivity contribution in [1.82, 2.24) is 10.3 Å². The molecule has 144 valence electrons. The highest BCUT2D eigenvalue weighted by atomic mass is 19.4. The second-order valence-electron chi connectivity index (χ2n) is 6.13. The number of amides is 1. The average molecular weight is 383 g/mol. The zero-order valence-corrected chi connectivity index (χ0v) is 14.1. The van der Waals surface area contributed by atoms with Crippen LogP contribution in [0.5, 0.6) is 0 Å². The van der Waals surface area contributed by atoms with Crippen molar-refractivity contribution in [2.24, 2.45) is 5.92 Å². The summed E-state index contributed by atoms with van der Waals surface area (Å²) in [6, 6.07) is 5.53. The van der Waals surface area contributed by atoms with E-state index in [1.165, 1.54) is 12.3 Å². The molecule has 0 spiro atoms. The van der Waals surface area contributed by atoms with E-state index >= 15 is 0 Å². The Balaban J connectivity index is 1.63. The third-order valence-corrected chi connectivity index (χ3v) is 4.13. The van der Waals surface area contributed by atoms with Crippen LogP contribution < -0.4 is 10.6 Å². The Labute approximate surface area is 152 Å².